The molecule has 0 fully saturated rings. The van der Waals surface area contributed by atoms with Crippen LogP contribution in [-0.4, -0.2) is 11.2 Å². The molecule has 1 atom stereocenters. The molecule has 2 nitrogen and oxygen atoms in total. The van der Waals surface area contributed by atoms with E-state index in [0.717, 1.165) is 5.69 Å². The summed E-state index contributed by atoms with van der Waals surface area (Å²) in [6, 6.07) is 5.91. The van der Waals surface area contributed by atoms with E-state index < -0.39 is 0 Å². The van der Waals surface area contributed by atoms with E-state index in [-0.39, 0.29) is 5.92 Å². The van der Waals surface area contributed by atoms with Crippen molar-refractivity contribution in [2.45, 2.75) is 5.92 Å². The first-order chi connectivity index (χ1) is 6.47. The molecule has 13 heavy (non-hydrogen) atoms. The maximum absolute atomic E-state index is 4.27. The van der Waals surface area contributed by atoms with Crippen LogP contribution in [-0.2, 0) is 0 Å². The summed E-state index contributed by atoms with van der Waals surface area (Å²) in [6.07, 6.45) is 11.5. The average molecular weight is 170 g/mol. The molecule has 0 bridgehead atoms. The summed E-state index contributed by atoms with van der Waals surface area (Å²) >= 11 is 0. The maximum atomic E-state index is 4.27. The number of pyridine rings is 1. The Bertz CT molecular complexity index is 334. The van der Waals surface area contributed by atoms with Crippen LogP contribution in [0.1, 0.15) is 11.6 Å². The van der Waals surface area contributed by atoms with Crippen molar-refractivity contribution in [3.63, 3.8) is 0 Å². The fourth-order valence-electron chi connectivity index (χ4n) is 1.22. The van der Waals surface area contributed by atoms with Crippen molar-refractivity contribution in [2.24, 2.45) is 4.99 Å². The SMILES string of the molecule is C1=CN=CC(c2ccccn2)C=C1. The highest BCUT2D eigenvalue weighted by atomic mass is 14.7. The van der Waals surface area contributed by atoms with Crippen LogP contribution in [0.4, 0.5) is 0 Å². The van der Waals surface area contributed by atoms with Gasteiger partial charge in [-0.2, -0.15) is 0 Å². The van der Waals surface area contributed by atoms with Crippen LogP contribution >= 0.6 is 0 Å². The Kier molecular flexibility index (Phi) is 2.32. The van der Waals surface area contributed by atoms with Crippen molar-refractivity contribution in [2.75, 3.05) is 0 Å². The molecule has 1 aromatic rings. The summed E-state index contributed by atoms with van der Waals surface area (Å²) in [7, 11) is 0. The summed E-state index contributed by atoms with van der Waals surface area (Å²) < 4.78 is 0. The van der Waals surface area contributed by atoms with Crippen LogP contribution in [0.25, 0.3) is 0 Å². The van der Waals surface area contributed by atoms with E-state index in [1.807, 2.05) is 36.6 Å². The van der Waals surface area contributed by atoms with Gasteiger partial charge in [-0.05, 0) is 18.2 Å². The first kappa shape index (κ1) is 7.92. The minimum Gasteiger partial charge on any atom is -0.268 e. The van der Waals surface area contributed by atoms with Gasteiger partial charge in [-0.25, -0.2) is 0 Å². The number of allylic oxidation sites excluding steroid dienone is 3. The van der Waals surface area contributed by atoms with Gasteiger partial charge in [-0.3, -0.25) is 9.98 Å². The van der Waals surface area contributed by atoms with Gasteiger partial charge in [0.05, 0.1) is 11.6 Å². The predicted molar refractivity (Wildman–Crippen MR) is 53.8 cm³/mol. The molecule has 0 saturated carbocycles. The lowest BCUT2D eigenvalue weighted by molar-refractivity contribution is 1.05. The normalized spacial score (nSPS) is 20.2. The fraction of sp³-hybridized carbons (Fsp3) is 0.0909. The van der Waals surface area contributed by atoms with Crippen molar-refractivity contribution in [3.05, 3.63) is 54.5 Å². The van der Waals surface area contributed by atoms with Crippen LogP contribution in [0.2, 0.25) is 0 Å². The first-order valence-electron chi connectivity index (χ1n) is 4.24. The van der Waals surface area contributed by atoms with Crippen LogP contribution in [0.3, 0.4) is 0 Å². The summed E-state index contributed by atoms with van der Waals surface area (Å²) in [4.78, 5) is 8.39. The molecule has 1 aliphatic rings. The van der Waals surface area contributed by atoms with Gasteiger partial charge in [0.15, 0.2) is 0 Å². The highest BCUT2D eigenvalue weighted by molar-refractivity contribution is 5.71. The zero-order valence-electron chi connectivity index (χ0n) is 7.17. The largest absolute Gasteiger partial charge is 0.268 e. The second-order valence-corrected chi connectivity index (χ2v) is 2.80. The molecule has 0 aliphatic carbocycles. The molecule has 0 radical (unpaired) electrons. The van der Waals surface area contributed by atoms with Crippen molar-refractivity contribution in [1.29, 1.82) is 0 Å². The molecule has 2 rings (SSSR count). The number of rotatable bonds is 1. The van der Waals surface area contributed by atoms with Gasteiger partial charge in [0.25, 0.3) is 0 Å². The number of hydrogen-bond acceptors (Lipinski definition) is 2. The summed E-state index contributed by atoms with van der Waals surface area (Å²) in [5, 5.41) is 0. The summed E-state index contributed by atoms with van der Waals surface area (Å²) in [6.45, 7) is 0. The van der Waals surface area contributed by atoms with E-state index in [1.54, 1.807) is 12.4 Å². The maximum Gasteiger partial charge on any atom is 0.0549 e. The molecule has 2 heterocycles. The van der Waals surface area contributed by atoms with Crippen LogP contribution in [0.15, 0.2) is 53.8 Å². The van der Waals surface area contributed by atoms with Crippen molar-refractivity contribution >= 4 is 6.21 Å². The molecule has 0 amide bonds. The zero-order chi connectivity index (χ0) is 8.93. The third kappa shape index (κ3) is 1.90. The highest BCUT2D eigenvalue weighted by Gasteiger charge is 2.05. The average Bonchev–Trinajstić information content (AvgIpc) is 2.47. The molecule has 1 aliphatic heterocycles. The van der Waals surface area contributed by atoms with E-state index in [1.165, 1.54) is 0 Å². The molecular formula is C11H10N2. The molecule has 2 heteroatoms. The van der Waals surface area contributed by atoms with Crippen molar-refractivity contribution < 1.29 is 0 Å². The second kappa shape index (κ2) is 3.81. The smallest absolute Gasteiger partial charge is 0.0549 e. The van der Waals surface area contributed by atoms with Gasteiger partial charge in [-0.1, -0.05) is 18.2 Å². The molecule has 1 unspecified atom stereocenters. The number of hydrogen-bond donors (Lipinski definition) is 0. The van der Waals surface area contributed by atoms with E-state index in [9.17, 15) is 0 Å². The first-order valence-corrected chi connectivity index (χ1v) is 4.24. The molecule has 1 aromatic heterocycles. The van der Waals surface area contributed by atoms with Gasteiger partial charge in [0, 0.05) is 18.6 Å². The number of aliphatic imine (C=N–C) groups is 1. The molecule has 0 aromatic carbocycles. The Balaban J connectivity index is 2.27. The van der Waals surface area contributed by atoms with Gasteiger partial charge in [0.1, 0.15) is 0 Å². The minimum atomic E-state index is 0.205. The summed E-state index contributed by atoms with van der Waals surface area (Å²) in [5.41, 5.74) is 1.03. The molecule has 64 valence electrons. The lowest BCUT2D eigenvalue weighted by atomic mass is 10.1. The monoisotopic (exact) mass is 170 g/mol. The highest BCUT2D eigenvalue weighted by Crippen LogP contribution is 2.13. The Morgan fingerprint density at radius 2 is 2.15 bits per heavy atom. The molecule has 0 spiro atoms. The molecular weight excluding hydrogens is 160 g/mol. The van der Waals surface area contributed by atoms with Crippen molar-refractivity contribution in [1.82, 2.24) is 4.98 Å². The third-order valence-corrected chi connectivity index (χ3v) is 1.88. The van der Waals surface area contributed by atoms with E-state index >= 15 is 0 Å². The Morgan fingerprint density at radius 3 is 3.00 bits per heavy atom. The lowest BCUT2D eigenvalue weighted by Crippen LogP contribution is -1.98. The van der Waals surface area contributed by atoms with Crippen LogP contribution in [0.5, 0.6) is 0 Å². The quantitative estimate of drug-likeness (QED) is 0.635. The van der Waals surface area contributed by atoms with E-state index in [2.05, 4.69) is 16.1 Å². The fourth-order valence-corrected chi connectivity index (χ4v) is 1.22. The van der Waals surface area contributed by atoms with Gasteiger partial charge >= 0.3 is 0 Å². The minimum absolute atomic E-state index is 0.205. The van der Waals surface area contributed by atoms with Crippen LogP contribution < -0.4 is 0 Å². The van der Waals surface area contributed by atoms with Gasteiger partial charge < -0.3 is 0 Å². The Labute approximate surface area is 77.4 Å². The zero-order valence-corrected chi connectivity index (χ0v) is 7.17. The number of aromatic nitrogens is 1. The Morgan fingerprint density at radius 1 is 1.15 bits per heavy atom. The lowest BCUT2D eigenvalue weighted by Gasteiger charge is -2.03. The Hall–Kier alpha value is -1.70. The summed E-state index contributed by atoms with van der Waals surface area (Å²) in [5.74, 6) is 0.205. The standard InChI is InChI=1S/C11H10N2/c1-3-7-12-9-10(5-1)11-6-2-4-8-13-11/h1-10H. The molecule has 0 N–H and O–H groups in total. The van der Waals surface area contributed by atoms with Gasteiger partial charge in [0.2, 0.25) is 0 Å². The van der Waals surface area contributed by atoms with E-state index in [4.69, 9.17) is 0 Å². The third-order valence-electron chi connectivity index (χ3n) is 1.88. The molecule has 0 saturated heterocycles. The van der Waals surface area contributed by atoms with Crippen LogP contribution in [0, 0.1) is 0 Å². The number of nitrogens with zero attached hydrogens (tertiary/aromatic N) is 2. The van der Waals surface area contributed by atoms with Gasteiger partial charge in [-0.15, -0.1) is 0 Å². The van der Waals surface area contributed by atoms with Crippen molar-refractivity contribution in [3.8, 4) is 0 Å². The topological polar surface area (TPSA) is 25.2 Å². The predicted octanol–water partition coefficient (Wildman–Crippen LogP) is 2.32. The van der Waals surface area contributed by atoms with E-state index in [0.29, 0.717) is 0 Å². The second-order valence-electron chi connectivity index (χ2n) is 2.80.